The van der Waals surface area contributed by atoms with E-state index in [0.29, 0.717) is 12.0 Å². The Morgan fingerprint density at radius 3 is 2.61 bits per heavy atom. The summed E-state index contributed by atoms with van der Waals surface area (Å²) in [7, 11) is 0. The van der Waals surface area contributed by atoms with Crippen LogP contribution in [0.5, 0.6) is 0 Å². The lowest BCUT2D eigenvalue weighted by Gasteiger charge is -2.28. The van der Waals surface area contributed by atoms with Crippen molar-refractivity contribution >= 4 is 21.6 Å². The highest BCUT2D eigenvalue weighted by Gasteiger charge is 2.44. The summed E-state index contributed by atoms with van der Waals surface area (Å²) in [5.74, 6) is 0.702. The summed E-state index contributed by atoms with van der Waals surface area (Å²) in [5, 5.41) is 8.35. The molecule has 3 aliphatic rings. The summed E-state index contributed by atoms with van der Waals surface area (Å²) >= 11 is 3.47. The van der Waals surface area contributed by atoms with Crippen molar-refractivity contribution in [2.45, 2.75) is 70.0 Å². The number of hydrogen-bond donors (Lipinski definition) is 0. The monoisotopic (exact) mass is 375 g/mol. The third kappa shape index (κ3) is 2.72. The Morgan fingerprint density at radius 2 is 1.91 bits per heavy atom. The lowest BCUT2D eigenvalue weighted by atomic mass is 9.85. The Labute approximate surface area is 144 Å². The molecule has 0 amide bonds. The minimum Gasteiger partial charge on any atom is -0.374 e. The van der Waals surface area contributed by atoms with Crippen LogP contribution in [0.1, 0.15) is 68.4 Å². The first-order chi connectivity index (χ1) is 11.2. The molecular weight excluding hydrogens is 354 g/mol. The lowest BCUT2D eigenvalue weighted by molar-refractivity contribution is 0.00366. The van der Waals surface area contributed by atoms with Crippen molar-refractivity contribution in [3.8, 4) is 0 Å². The SMILES string of the molecule is Brc1nnc2cc(COC3CCC4(CC3)CC4)c(C3CC3)cn12. The smallest absolute Gasteiger partial charge is 0.204 e. The molecule has 1 spiro atoms. The molecule has 4 nitrogen and oxygen atoms in total. The Hall–Kier alpha value is -0.940. The van der Waals surface area contributed by atoms with Gasteiger partial charge in [0, 0.05) is 6.20 Å². The molecule has 0 radical (unpaired) electrons. The minimum atomic E-state index is 0.453. The van der Waals surface area contributed by atoms with Crippen LogP contribution in [-0.2, 0) is 11.3 Å². The van der Waals surface area contributed by atoms with Gasteiger partial charge in [-0.25, -0.2) is 0 Å². The molecule has 2 aromatic rings. The maximum absolute atomic E-state index is 6.30. The highest BCUT2D eigenvalue weighted by molar-refractivity contribution is 9.10. The van der Waals surface area contributed by atoms with E-state index in [1.165, 1.54) is 62.5 Å². The van der Waals surface area contributed by atoms with Crippen LogP contribution in [0.15, 0.2) is 17.0 Å². The summed E-state index contributed by atoms with van der Waals surface area (Å²) in [6, 6.07) is 2.16. The Balaban J connectivity index is 1.34. The molecule has 3 saturated carbocycles. The maximum atomic E-state index is 6.30. The topological polar surface area (TPSA) is 39.4 Å². The van der Waals surface area contributed by atoms with E-state index in [2.05, 4.69) is 38.4 Å². The predicted molar refractivity (Wildman–Crippen MR) is 91.4 cm³/mol. The molecule has 3 fully saturated rings. The average Bonchev–Trinajstić information content (AvgIpc) is 3.49. The molecule has 2 heterocycles. The summed E-state index contributed by atoms with van der Waals surface area (Å²) in [6.45, 7) is 0.727. The van der Waals surface area contributed by atoms with E-state index in [0.717, 1.165) is 22.4 Å². The number of hydrogen-bond acceptors (Lipinski definition) is 3. The molecule has 5 rings (SSSR count). The number of aromatic nitrogens is 3. The molecule has 0 saturated heterocycles. The van der Waals surface area contributed by atoms with Gasteiger partial charge < -0.3 is 4.74 Å². The van der Waals surface area contributed by atoms with Crippen LogP contribution in [0.2, 0.25) is 0 Å². The molecule has 0 N–H and O–H groups in total. The van der Waals surface area contributed by atoms with E-state index in [4.69, 9.17) is 4.74 Å². The van der Waals surface area contributed by atoms with Crippen molar-refractivity contribution in [1.29, 1.82) is 0 Å². The van der Waals surface area contributed by atoms with Crippen molar-refractivity contribution < 1.29 is 4.74 Å². The van der Waals surface area contributed by atoms with Gasteiger partial charge >= 0.3 is 0 Å². The number of halogens is 1. The zero-order chi connectivity index (χ0) is 15.4. The van der Waals surface area contributed by atoms with Gasteiger partial charge in [-0.1, -0.05) is 0 Å². The summed E-state index contributed by atoms with van der Waals surface area (Å²) < 4.78 is 9.11. The van der Waals surface area contributed by atoms with Gasteiger partial charge in [-0.3, -0.25) is 4.40 Å². The molecule has 5 heteroatoms. The number of nitrogens with zero attached hydrogens (tertiary/aromatic N) is 3. The van der Waals surface area contributed by atoms with Crippen molar-refractivity contribution in [1.82, 2.24) is 14.6 Å². The summed E-state index contributed by atoms with van der Waals surface area (Å²) in [4.78, 5) is 0. The van der Waals surface area contributed by atoms with Gasteiger partial charge in [-0.15, -0.1) is 10.2 Å². The zero-order valence-corrected chi connectivity index (χ0v) is 14.9. The molecule has 0 atom stereocenters. The molecule has 0 unspecified atom stereocenters. The maximum Gasteiger partial charge on any atom is 0.204 e. The van der Waals surface area contributed by atoms with Crippen molar-refractivity contribution in [2.24, 2.45) is 5.41 Å². The van der Waals surface area contributed by atoms with Crippen LogP contribution in [0.4, 0.5) is 0 Å². The van der Waals surface area contributed by atoms with E-state index in [1.807, 2.05) is 4.40 Å². The molecular formula is C18H22BrN3O. The van der Waals surface area contributed by atoms with Crippen LogP contribution >= 0.6 is 15.9 Å². The molecule has 3 aliphatic carbocycles. The number of rotatable bonds is 4. The van der Waals surface area contributed by atoms with Gasteiger partial charge in [-0.2, -0.15) is 0 Å². The fraction of sp³-hybridized carbons (Fsp3) is 0.667. The van der Waals surface area contributed by atoms with Gasteiger partial charge in [0.2, 0.25) is 4.73 Å². The largest absolute Gasteiger partial charge is 0.374 e. The number of ether oxygens (including phenoxy) is 1. The quantitative estimate of drug-likeness (QED) is 0.783. The highest BCUT2D eigenvalue weighted by Crippen LogP contribution is 2.56. The third-order valence-corrected chi connectivity index (χ3v) is 6.61. The number of pyridine rings is 1. The first-order valence-corrected chi connectivity index (χ1v) is 9.66. The van der Waals surface area contributed by atoms with Crippen LogP contribution in [-0.4, -0.2) is 20.7 Å². The van der Waals surface area contributed by atoms with Gasteiger partial charge in [0.1, 0.15) is 0 Å². The van der Waals surface area contributed by atoms with E-state index in [9.17, 15) is 0 Å². The lowest BCUT2D eigenvalue weighted by Crippen LogP contribution is -2.22. The second-order valence-corrected chi connectivity index (χ2v) is 8.45. The molecule has 0 bridgehead atoms. The molecule has 0 aliphatic heterocycles. The van der Waals surface area contributed by atoms with Gasteiger partial charge in [0.05, 0.1) is 12.7 Å². The molecule has 23 heavy (non-hydrogen) atoms. The van der Waals surface area contributed by atoms with Gasteiger partial charge in [0.25, 0.3) is 0 Å². The van der Waals surface area contributed by atoms with Gasteiger partial charge in [-0.05, 0) is 95.8 Å². The summed E-state index contributed by atoms with van der Waals surface area (Å²) in [5.41, 5.74) is 4.38. The molecule has 122 valence electrons. The van der Waals surface area contributed by atoms with Crippen molar-refractivity contribution in [2.75, 3.05) is 0 Å². The van der Waals surface area contributed by atoms with Crippen LogP contribution < -0.4 is 0 Å². The molecule has 2 aromatic heterocycles. The highest BCUT2D eigenvalue weighted by atomic mass is 79.9. The van der Waals surface area contributed by atoms with E-state index >= 15 is 0 Å². The van der Waals surface area contributed by atoms with Crippen molar-refractivity contribution in [3.05, 3.63) is 28.1 Å². The Morgan fingerprint density at radius 1 is 1.13 bits per heavy atom. The Bertz CT molecular complexity index is 738. The van der Waals surface area contributed by atoms with Crippen LogP contribution in [0, 0.1) is 5.41 Å². The fourth-order valence-corrected chi connectivity index (χ4v) is 4.47. The second kappa shape index (κ2) is 5.28. The normalized spacial score (nSPS) is 23.7. The van der Waals surface area contributed by atoms with E-state index < -0.39 is 0 Å². The summed E-state index contributed by atoms with van der Waals surface area (Å²) in [6.07, 6.45) is 13.4. The van der Waals surface area contributed by atoms with Crippen LogP contribution in [0.3, 0.4) is 0 Å². The number of fused-ring (bicyclic) bond motifs is 1. The third-order valence-electron chi connectivity index (χ3n) is 6.06. The Kier molecular flexibility index (Phi) is 3.31. The zero-order valence-electron chi connectivity index (χ0n) is 13.3. The predicted octanol–water partition coefficient (Wildman–Crippen LogP) is 4.61. The van der Waals surface area contributed by atoms with E-state index in [1.54, 1.807) is 0 Å². The van der Waals surface area contributed by atoms with Crippen LogP contribution in [0.25, 0.3) is 5.65 Å². The van der Waals surface area contributed by atoms with Crippen molar-refractivity contribution in [3.63, 3.8) is 0 Å². The second-order valence-electron chi connectivity index (χ2n) is 7.74. The standard InChI is InChI=1S/C18H22BrN3O/c19-17-21-20-16-9-13(15(10-22(16)17)12-1-2-12)11-23-14-3-5-18(6-4-14)7-8-18/h9-10,12,14H,1-8,11H2. The molecule has 0 aromatic carbocycles. The first-order valence-electron chi connectivity index (χ1n) is 8.87. The van der Waals surface area contributed by atoms with E-state index in [-0.39, 0.29) is 0 Å². The minimum absolute atomic E-state index is 0.453. The fourth-order valence-electron chi connectivity index (χ4n) is 4.10. The average molecular weight is 376 g/mol. The first kappa shape index (κ1) is 14.4. The van der Waals surface area contributed by atoms with Gasteiger partial charge in [0.15, 0.2) is 5.65 Å².